The molecule has 10 heteroatoms. The van der Waals surface area contributed by atoms with Crippen molar-refractivity contribution >= 4 is 5.69 Å². The Morgan fingerprint density at radius 1 is 1.35 bits per heavy atom. The Morgan fingerprint density at radius 3 is 2.48 bits per heavy atom. The lowest BCUT2D eigenvalue weighted by Crippen LogP contribution is -2.51. The van der Waals surface area contributed by atoms with E-state index in [4.69, 9.17) is 5.11 Å². The number of nitrogens with one attached hydrogen (secondary N) is 1. The molecule has 0 unspecified atom stereocenters. The lowest BCUT2D eigenvalue weighted by atomic mass is 9.97. The van der Waals surface area contributed by atoms with Crippen molar-refractivity contribution in [3.05, 3.63) is 27.8 Å². The molecule has 1 aromatic carbocycles. The number of aliphatic hydroxyl groups excluding tert-OH is 1. The van der Waals surface area contributed by atoms with Crippen LogP contribution >= 0.6 is 0 Å². The maximum Gasteiger partial charge on any atom is 0.314 e. The number of nitro benzene ring substituents is 1. The van der Waals surface area contributed by atoms with Gasteiger partial charge in [-0.3, -0.25) is 15.0 Å². The highest BCUT2D eigenvalue weighted by Gasteiger charge is 2.45. The van der Waals surface area contributed by atoms with Gasteiger partial charge in [0.2, 0.25) is 5.75 Å². The minimum atomic E-state index is -3.57. The third kappa shape index (κ3) is 3.49. The fourth-order valence-electron chi connectivity index (χ4n) is 2.67. The Labute approximate surface area is 130 Å². The van der Waals surface area contributed by atoms with Gasteiger partial charge >= 0.3 is 5.69 Å². The summed E-state index contributed by atoms with van der Waals surface area (Å²) in [6.45, 7) is -0.0588. The van der Waals surface area contributed by atoms with E-state index in [1.165, 1.54) is 4.90 Å². The first-order valence-corrected chi connectivity index (χ1v) is 6.91. The molecule has 1 aromatic rings. The molecule has 0 radical (unpaired) electrons. The zero-order valence-corrected chi connectivity index (χ0v) is 12.1. The lowest BCUT2D eigenvalue weighted by Gasteiger charge is -2.38. The van der Waals surface area contributed by atoms with E-state index in [2.05, 4.69) is 5.32 Å². The zero-order valence-electron chi connectivity index (χ0n) is 12.1. The number of phenolic OH excluding ortho intramolecular Hbond substituents is 2. The third-order valence-electron chi connectivity index (χ3n) is 3.73. The molecule has 1 heterocycles. The summed E-state index contributed by atoms with van der Waals surface area (Å²) in [4.78, 5) is 11.3. The first-order chi connectivity index (χ1) is 10.8. The monoisotopic (exact) mass is 333 g/mol. The number of aliphatic hydroxyl groups is 1. The topological polar surface area (TPSA) is 119 Å². The Balaban J connectivity index is 2.52. The molecule has 0 bridgehead atoms. The van der Waals surface area contributed by atoms with E-state index in [0.717, 1.165) is 12.1 Å². The van der Waals surface area contributed by atoms with Crippen LogP contribution in [0.5, 0.6) is 11.5 Å². The molecule has 0 aliphatic carbocycles. The van der Waals surface area contributed by atoms with Gasteiger partial charge in [0.15, 0.2) is 5.75 Å². The fourth-order valence-corrected chi connectivity index (χ4v) is 2.67. The van der Waals surface area contributed by atoms with Crippen molar-refractivity contribution in [3.63, 3.8) is 0 Å². The van der Waals surface area contributed by atoms with E-state index in [-0.39, 0.29) is 18.7 Å². The van der Waals surface area contributed by atoms with Gasteiger partial charge in [-0.2, -0.15) is 0 Å². The summed E-state index contributed by atoms with van der Waals surface area (Å²) in [6.07, 6.45) is 0. The van der Waals surface area contributed by atoms with E-state index >= 15 is 0 Å². The number of alkyl halides is 2. The zero-order chi connectivity index (χ0) is 17.2. The first-order valence-electron chi connectivity index (χ1n) is 6.91. The SMILES string of the molecule is O=[N+]([O-])c1cc([C@H](N2CCNCC2)C(F)(F)CO)cc(O)c1O. The van der Waals surface area contributed by atoms with Crippen LogP contribution in [0.1, 0.15) is 11.6 Å². The molecule has 0 aromatic heterocycles. The molecule has 1 saturated heterocycles. The molecular formula is C13H17F2N3O5. The summed E-state index contributed by atoms with van der Waals surface area (Å²) in [7, 11) is 0. The number of phenols is 2. The highest BCUT2D eigenvalue weighted by molar-refractivity contribution is 5.57. The molecule has 1 atom stereocenters. The molecule has 128 valence electrons. The molecule has 23 heavy (non-hydrogen) atoms. The van der Waals surface area contributed by atoms with Crippen molar-refractivity contribution < 1.29 is 29.0 Å². The smallest absolute Gasteiger partial charge is 0.314 e. The lowest BCUT2D eigenvalue weighted by molar-refractivity contribution is -0.386. The number of nitro groups is 1. The first kappa shape index (κ1) is 17.3. The number of hydrogen-bond acceptors (Lipinski definition) is 7. The van der Waals surface area contributed by atoms with Gasteiger partial charge in [-0.1, -0.05) is 0 Å². The van der Waals surface area contributed by atoms with E-state index in [9.17, 15) is 29.1 Å². The van der Waals surface area contributed by atoms with Crippen molar-refractivity contribution in [1.29, 1.82) is 0 Å². The van der Waals surface area contributed by atoms with Crippen LogP contribution in [-0.2, 0) is 0 Å². The average Bonchev–Trinajstić information content (AvgIpc) is 2.51. The van der Waals surface area contributed by atoms with Crippen molar-refractivity contribution in [2.24, 2.45) is 0 Å². The van der Waals surface area contributed by atoms with E-state index in [1.54, 1.807) is 0 Å². The third-order valence-corrected chi connectivity index (χ3v) is 3.73. The largest absolute Gasteiger partial charge is 0.504 e. The van der Waals surface area contributed by atoms with Gasteiger partial charge in [-0.05, 0) is 11.6 Å². The summed E-state index contributed by atoms with van der Waals surface area (Å²) in [6, 6.07) is 0.00371. The predicted octanol–water partition coefficient (Wildman–Crippen LogP) is 0.580. The average molecular weight is 333 g/mol. The van der Waals surface area contributed by atoms with Crippen molar-refractivity contribution in [1.82, 2.24) is 10.2 Å². The normalized spacial score (nSPS) is 17.9. The van der Waals surface area contributed by atoms with Gasteiger partial charge in [-0.25, -0.2) is 8.78 Å². The number of piperazine rings is 1. The Kier molecular flexibility index (Phi) is 4.97. The molecule has 8 nitrogen and oxygen atoms in total. The van der Waals surface area contributed by atoms with Gasteiger partial charge in [0, 0.05) is 32.2 Å². The van der Waals surface area contributed by atoms with Crippen molar-refractivity contribution in [2.45, 2.75) is 12.0 Å². The molecule has 0 spiro atoms. The molecule has 1 fully saturated rings. The highest BCUT2D eigenvalue weighted by Crippen LogP contribution is 2.43. The number of nitrogens with zero attached hydrogens (tertiary/aromatic N) is 2. The summed E-state index contributed by atoms with van der Waals surface area (Å²) < 4.78 is 28.5. The quantitative estimate of drug-likeness (QED) is 0.353. The summed E-state index contributed by atoms with van der Waals surface area (Å²) >= 11 is 0. The van der Waals surface area contributed by atoms with Crippen molar-refractivity contribution in [2.75, 3.05) is 32.8 Å². The molecule has 1 aliphatic rings. The summed E-state index contributed by atoms with van der Waals surface area (Å²) in [5.41, 5.74) is -1.11. The van der Waals surface area contributed by atoms with Gasteiger partial charge in [-0.15, -0.1) is 0 Å². The Bertz CT molecular complexity index is 593. The fraction of sp³-hybridized carbons (Fsp3) is 0.538. The predicted molar refractivity (Wildman–Crippen MR) is 75.6 cm³/mol. The molecular weight excluding hydrogens is 316 g/mol. The van der Waals surface area contributed by atoms with Gasteiger partial charge in [0.25, 0.3) is 5.92 Å². The second-order valence-electron chi connectivity index (χ2n) is 5.27. The van der Waals surface area contributed by atoms with Crippen LogP contribution in [0.3, 0.4) is 0 Å². The second kappa shape index (κ2) is 6.60. The van der Waals surface area contributed by atoms with Crippen LogP contribution in [0.25, 0.3) is 0 Å². The molecule has 2 rings (SSSR count). The standard InChI is InChI=1S/C13H17F2N3O5/c14-13(15,7-19)12(17-3-1-16-2-4-17)8-5-9(18(22)23)11(21)10(20)6-8/h5-6,12,16,19-21H,1-4,7H2/t12-/m0/s1. The number of rotatable bonds is 5. The Hall–Kier alpha value is -2.04. The molecule has 0 amide bonds. The van der Waals surface area contributed by atoms with Gasteiger partial charge < -0.3 is 20.6 Å². The van der Waals surface area contributed by atoms with E-state index in [0.29, 0.717) is 13.1 Å². The van der Waals surface area contributed by atoms with Crippen LogP contribution in [0.4, 0.5) is 14.5 Å². The van der Waals surface area contributed by atoms with E-state index < -0.39 is 40.7 Å². The summed E-state index contributed by atoms with van der Waals surface area (Å²) in [5.74, 6) is -5.41. The molecule has 4 N–H and O–H groups in total. The number of aromatic hydroxyl groups is 2. The molecule has 1 aliphatic heterocycles. The minimum Gasteiger partial charge on any atom is -0.504 e. The summed E-state index contributed by atoms with van der Waals surface area (Å²) in [5, 5.41) is 42.0. The second-order valence-corrected chi connectivity index (χ2v) is 5.27. The van der Waals surface area contributed by atoms with Crippen LogP contribution in [-0.4, -0.2) is 63.9 Å². The molecule has 0 saturated carbocycles. The number of halogens is 2. The maximum atomic E-state index is 14.2. The number of hydrogen-bond donors (Lipinski definition) is 4. The van der Waals surface area contributed by atoms with Crippen LogP contribution in [0, 0.1) is 10.1 Å². The number of benzene rings is 1. The van der Waals surface area contributed by atoms with Crippen LogP contribution in [0.15, 0.2) is 12.1 Å². The van der Waals surface area contributed by atoms with Crippen LogP contribution < -0.4 is 5.32 Å². The van der Waals surface area contributed by atoms with Crippen molar-refractivity contribution in [3.8, 4) is 11.5 Å². The van der Waals surface area contributed by atoms with E-state index in [1.807, 2.05) is 0 Å². The van der Waals surface area contributed by atoms with Gasteiger partial charge in [0.05, 0.1) is 4.92 Å². The maximum absolute atomic E-state index is 14.2. The Morgan fingerprint density at radius 2 is 1.96 bits per heavy atom. The van der Waals surface area contributed by atoms with Gasteiger partial charge in [0.1, 0.15) is 12.6 Å². The highest BCUT2D eigenvalue weighted by atomic mass is 19.3. The minimum absolute atomic E-state index is 0.243. The van der Waals surface area contributed by atoms with Crippen LogP contribution in [0.2, 0.25) is 0 Å².